The zero-order valence-electron chi connectivity index (χ0n) is 11.6. The fraction of sp³-hybridized carbons (Fsp3) is 0.125. The Morgan fingerprint density at radius 3 is 2.50 bits per heavy atom. The molecular formula is C16H13F2N3O. The first-order valence-corrected chi connectivity index (χ1v) is 6.58. The molecule has 0 fully saturated rings. The lowest BCUT2D eigenvalue weighted by molar-refractivity contribution is -0.116. The van der Waals surface area contributed by atoms with Gasteiger partial charge in [0.05, 0.1) is 11.6 Å². The molecule has 2 aromatic rings. The maximum Gasteiger partial charge on any atom is 0.226 e. The lowest BCUT2D eigenvalue weighted by Crippen LogP contribution is -2.17. The van der Waals surface area contributed by atoms with E-state index < -0.39 is 23.2 Å². The fourth-order valence-corrected chi connectivity index (χ4v) is 1.84. The number of nitrogens with one attached hydrogen (secondary N) is 2. The maximum atomic E-state index is 13.4. The number of benzene rings is 2. The molecule has 0 bridgehead atoms. The molecule has 0 radical (unpaired) electrons. The molecule has 0 unspecified atom stereocenters. The molecule has 2 rings (SSSR count). The Kier molecular flexibility index (Phi) is 5.04. The maximum absolute atomic E-state index is 13.4. The number of amides is 1. The summed E-state index contributed by atoms with van der Waals surface area (Å²) < 4.78 is 26.8. The van der Waals surface area contributed by atoms with Crippen LogP contribution in [0.5, 0.6) is 0 Å². The van der Waals surface area contributed by atoms with Gasteiger partial charge in [0, 0.05) is 18.7 Å². The van der Waals surface area contributed by atoms with Gasteiger partial charge in [-0.3, -0.25) is 4.79 Å². The minimum atomic E-state index is -0.817. The first kappa shape index (κ1) is 15.4. The summed E-state index contributed by atoms with van der Waals surface area (Å²) in [6, 6.07) is 12.2. The van der Waals surface area contributed by atoms with Crippen molar-refractivity contribution in [3.05, 3.63) is 59.7 Å². The molecule has 2 aromatic carbocycles. The smallest absolute Gasteiger partial charge is 0.226 e. The summed E-state index contributed by atoms with van der Waals surface area (Å²) in [6.45, 7) is 0.275. The van der Waals surface area contributed by atoms with E-state index in [0.717, 1.165) is 12.1 Å². The Balaban J connectivity index is 1.87. The molecule has 1 amide bonds. The number of carbonyl (C=O) groups excluding carboxylic acids is 1. The fourth-order valence-electron chi connectivity index (χ4n) is 1.84. The Labute approximate surface area is 126 Å². The largest absolute Gasteiger partial charge is 0.384 e. The Morgan fingerprint density at radius 1 is 1.14 bits per heavy atom. The van der Waals surface area contributed by atoms with Crippen LogP contribution >= 0.6 is 0 Å². The molecule has 0 heterocycles. The van der Waals surface area contributed by atoms with Crippen LogP contribution in [0.25, 0.3) is 0 Å². The van der Waals surface area contributed by atoms with Gasteiger partial charge in [0.25, 0.3) is 0 Å². The van der Waals surface area contributed by atoms with E-state index >= 15 is 0 Å². The van der Waals surface area contributed by atoms with Crippen molar-refractivity contribution in [2.24, 2.45) is 0 Å². The number of nitrogens with zero attached hydrogens (tertiary/aromatic N) is 1. The Morgan fingerprint density at radius 2 is 1.82 bits per heavy atom. The minimum Gasteiger partial charge on any atom is -0.384 e. The summed E-state index contributed by atoms with van der Waals surface area (Å²) in [4.78, 5) is 11.7. The van der Waals surface area contributed by atoms with Gasteiger partial charge in [0.2, 0.25) is 5.91 Å². The number of hydrogen-bond acceptors (Lipinski definition) is 3. The summed E-state index contributed by atoms with van der Waals surface area (Å²) in [5.74, 6) is -2.14. The van der Waals surface area contributed by atoms with E-state index in [0.29, 0.717) is 11.3 Å². The van der Waals surface area contributed by atoms with Crippen molar-refractivity contribution < 1.29 is 13.6 Å². The van der Waals surface area contributed by atoms with Gasteiger partial charge in [-0.15, -0.1) is 0 Å². The van der Waals surface area contributed by atoms with Crippen molar-refractivity contribution in [2.75, 3.05) is 17.2 Å². The number of rotatable bonds is 5. The highest BCUT2D eigenvalue weighted by Crippen LogP contribution is 2.18. The predicted octanol–water partition coefficient (Wildman–Crippen LogP) is 3.28. The molecule has 0 aliphatic heterocycles. The van der Waals surface area contributed by atoms with Crippen LogP contribution in [0.1, 0.15) is 12.0 Å². The average Bonchev–Trinajstić information content (AvgIpc) is 2.51. The number of hydrogen-bond donors (Lipinski definition) is 2. The van der Waals surface area contributed by atoms with Gasteiger partial charge in [-0.25, -0.2) is 8.78 Å². The first-order valence-electron chi connectivity index (χ1n) is 6.58. The van der Waals surface area contributed by atoms with Crippen molar-refractivity contribution in [3.63, 3.8) is 0 Å². The second-order valence-corrected chi connectivity index (χ2v) is 4.51. The van der Waals surface area contributed by atoms with E-state index in [1.54, 1.807) is 24.3 Å². The van der Waals surface area contributed by atoms with E-state index in [-0.39, 0.29) is 13.0 Å². The third-order valence-electron chi connectivity index (χ3n) is 2.90. The number of nitriles is 1. The highest BCUT2D eigenvalue weighted by molar-refractivity contribution is 5.91. The second-order valence-electron chi connectivity index (χ2n) is 4.51. The van der Waals surface area contributed by atoms with Crippen LogP contribution in [0.4, 0.5) is 20.2 Å². The summed E-state index contributed by atoms with van der Waals surface area (Å²) in [5.41, 5.74) is 0.755. The summed E-state index contributed by atoms with van der Waals surface area (Å²) >= 11 is 0. The van der Waals surface area contributed by atoms with Crippen molar-refractivity contribution in [1.82, 2.24) is 0 Å². The standard InChI is InChI=1S/C16H13F2N3O/c17-13-5-2-6-14(18)16(13)21-15(22)7-8-20-12-4-1-3-11(9-12)10-19/h1-6,9,20H,7-8H2,(H,21,22). The zero-order chi connectivity index (χ0) is 15.9. The van der Waals surface area contributed by atoms with E-state index in [9.17, 15) is 13.6 Å². The number of para-hydroxylation sites is 1. The van der Waals surface area contributed by atoms with Crippen molar-refractivity contribution >= 4 is 17.3 Å². The van der Waals surface area contributed by atoms with Crippen LogP contribution < -0.4 is 10.6 Å². The van der Waals surface area contributed by atoms with Gasteiger partial charge >= 0.3 is 0 Å². The topological polar surface area (TPSA) is 64.9 Å². The van der Waals surface area contributed by atoms with E-state index in [4.69, 9.17) is 5.26 Å². The normalized spacial score (nSPS) is 9.86. The van der Waals surface area contributed by atoms with Gasteiger partial charge in [0.15, 0.2) is 0 Å². The zero-order valence-corrected chi connectivity index (χ0v) is 11.6. The summed E-state index contributed by atoms with van der Waals surface area (Å²) in [5, 5.41) is 14.0. The first-order chi connectivity index (χ1) is 10.6. The van der Waals surface area contributed by atoms with Crippen LogP contribution in [0.3, 0.4) is 0 Å². The van der Waals surface area contributed by atoms with E-state index in [1.807, 2.05) is 6.07 Å². The third kappa shape index (κ3) is 4.03. The van der Waals surface area contributed by atoms with Crippen molar-refractivity contribution in [1.29, 1.82) is 5.26 Å². The lowest BCUT2D eigenvalue weighted by atomic mass is 10.2. The predicted molar refractivity (Wildman–Crippen MR) is 79.3 cm³/mol. The van der Waals surface area contributed by atoms with Crippen LogP contribution in [0.2, 0.25) is 0 Å². The van der Waals surface area contributed by atoms with Crippen molar-refractivity contribution in [3.8, 4) is 6.07 Å². The highest BCUT2D eigenvalue weighted by Gasteiger charge is 2.11. The molecule has 2 N–H and O–H groups in total. The van der Waals surface area contributed by atoms with Gasteiger partial charge in [-0.1, -0.05) is 12.1 Å². The third-order valence-corrected chi connectivity index (χ3v) is 2.90. The van der Waals surface area contributed by atoms with Gasteiger partial charge < -0.3 is 10.6 Å². The molecule has 0 saturated heterocycles. The van der Waals surface area contributed by atoms with Crippen LogP contribution in [0, 0.1) is 23.0 Å². The van der Waals surface area contributed by atoms with Crippen molar-refractivity contribution in [2.45, 2.75) is 6.42 Å². The molecule has 112 valence electrons. The Bertz CT molecular complexity index is 705. The molecule has 6 heteroatoms. The molecule has 0 aliphatic carbocycles. The summed E-state index contributed by atoms with van der Waals surface area (Å²) in [6.07, 6.45) is 0.0323. The molecule has 22 heavy (non-hydrogen) atoms. The highest BCUT2D eigenvalue weighted by atomic mass is 19.1. The van der Waals surface area contributed by atoms with Gasteiger partial charge in [0.1, 0.15) is 17.3 Å². The average molecular weight is 301 g/mol. The van der Waals surface area contributed by atoms with Crippen LogP contribution in [-0.2, 0) is 4.79 Å². The molecule has 0 saturated carbocycles. The molecule has 0 spiro atoms. The molecule has 4 nitrogen and oxygen atoms in total. The van der Waals surface area contributed by atoms with E-state index in [1.165, 1.54) is 6.07 Å². The van der Waals surface area contributed by atoms with Gasteiger partial charge in [-0.2, -0.15) is 5.26 Å². The summed E-state index contributed by atoms with van der Waals surface area (Å²) in [7, 11) is 0. The monoisotopic (exact) mass is 301 g/mol. The number of halogens is 2. The van der Waals surface area contributed by atoms with Crippen LogP contribution in [-0.4, -0.2) is 12.5 Å². The number of anilines is 2. The quantitative estimate of drug-likeness (QED) is 0.890. The second kappa shape index (κ2) is 7.18. The van der Waals surface area contributed by atoms with Crippen LogP contribution in [0.15, 0.2) is 42.5 Å². The van der Waals surface area contributed by atoms with E-state index in [2.05, 4.69) is 10.6 Å². The molecule has 0 atom stereocenters. The molecular weight excluding hydrogens is 288 g/mol. The number of carbonyl (C=O) groups is 1. The van der Waals surface area contributed by atoms with Gasteiger partial charge in [-0.05, 0) is 30.3 Å². The SMILES string of the molecule is N#Cc1cccc(NCCC(=O)Nc2c(F)cccc2F)c1. The molecule has 0 aliphatic rings. The lowest BCUT2D eigenvalue weighted by Gasteiger charge is -2.09. The minimum absolute atomic E-state index is 0.0323. The Hall–Kier alpha value is -2.94. The molecule has 0 aromatic heterocycles.